The van der Waals surface area contributed by atoms with Gasteiger partial charge in [0.15, 0.2) is 0 Å². The topological polar surface area (TPSA) is 96.2 Å². The van der Waals surface area contributed by atoms with Gasteiger partial charge in [0.1, 0.15) is 0 Å². The van der Waals surface area contributed by atoms with Crippen molar-refractivity contribution in [3.63, 3.8) is 0 Å². The molecule has 0 saturated carbocycles. The highest BCUT2D eigenvalue weighted by molar-refractivity contribution is 7.85. The number of carbonyl (C=O) groups excluding carboxylic acids is 1. The van der Waals surface area contributed by atoms with Gasteiger partial charge in [-0.15, -0.1) is 5.11 Å². The highest BCUT2D eigenvalue weighted by Crippen LogP contribution is 2.26. The van der Waals surface area contributed by atoms with Crippen molar-refractivity contribution >= 4 is 21.6 Å². The van der Waals surface area contributed by atoms with Crippen molar-refractivity contribution in [1.82, 2.24) is 0 Å². The molecule has 0 aliphatic carbocycles. The Balaban J connectivity index is 2.45. The first kappa shape index (κ1) is 11.6. The highest BCUT2D eigenvalue weighted by atomic mass is 32.2. The minimum absolute atomic E-state index is 0.223. The fraction of sp³-hybridized carbons (Fsp3) is 0.100. The van der Waals surface area contributed by atoms with Crippen molar-refractivity contribution in [2.75, 3.05) is 0 Å². The Kier molecular flexibility index (Phi) is 2.64. The molecule has 0 bridgehead atoms. The molecule has 6 nitrogen and oxygen atoms in total. The summed E-state index contributed by atoms with van der Waals surface area (Å²) in [7, 11) is -4.22. The number of hydrogen-bond donors (Lipinski definition) is 1. The lowest BCUT2D eigenvalue weighted by Gasteiger charge is -2.02. The van der Waals surface area contributed by atoms with Crippen molar-refractivity contribution in [2.45, 2.75) is 11.8 Å². The first-order valence-electron chi connectivity index (χ1n) is 4.64. The number of carbonyl (C=O) groups is 1. The molecule has 0 saturated heterocycles. The molecule has 0 unspecified atom stereocenters. The van der Waals surface area contributed by atoms with E-state index in [0.29, 0.717) is 16.8 Å². The SMILES string of the molecule is CC1=C(c2ccc(S(=O)(=O)O)cc2)C(=O)N=N1. The summed E-state index contributed by atoms with van der Waals surface area (Å²) in [5, 5.41) is 7.02. The molecule has 1 N–H and O–H groups in total. The molecule has 1 aromatic rings. The molecule has 0 atom stereocenters. The summed E-state index contributed by atoms with van der Waals surface area (Å²) in [5.41, 5.74) is 1.34. The van der Waals surface area contributed by atoms with Gasteiger partial charge in [-0.05, 0) is 24.6 Å². The number of allylic oxidation sites excluding steroid dienone is 1. The Bertz CT molecular complexity index is 641. The van der Waals surface area contributed by atoms with Crippen LogP contribution in [-0.4, -0.2) is 18.9 Å². The summed E-state index contributed by atoms with van der Waals surface area (Å²) < 4.78 is 30.5. The van der Waals surface area contributed by atoms with Gasteiger partial charge in [-0.1, -0.05) is 12.1 Å². The number of nitrogens with zero attached hydrogens (tertiary/aromatic N) is 2. The molecule has 1 heterocycles. The molecule has 2 rings (SSSR count). The molecule has 7 heteroatoms. The van der Waals surface area contributed by atoms with E-state index in [1.54, 1.807) is 6.92 Å². The third-order valence-electron chi connectivity index (χ3n) is 2.31. The molecule has 0 spiro atoms. The first-order chi connectivity index (χ1) is 7.89. The normalized spacial score (nSPS) is 15.8. The summed E-state index contributed by atoms with van der Waals surface area (Å²) >= 11 is 0. The molecule has 0 radical (unpaired) electrons. The summed E-state index contributed by atoms with van der Waals surface area (Å²) in [6.45, 7) is 1.64. The number of benzene rings is 1. The van der Waals surface area contributed by atoms with E-state index < -0.39 is 16.0 Å². The van der Waals surface area contributed by atoms with E-state index in [4.69, 9.17) is 4.55 Å². The molecule has 0 fully saturated rings. The Labute approximate surface area is 97.4 Å². The van der Waals surface area contributed by atoms with Gasteiger partial charge in [-0.2, -0.15) is 13.5 Å². The van der Waals surface area contributed by atoms with Crippen molar-refractivity contribution in [3.8, 4) is 0 Å². The Morgan fingerprint density at radius 2 is 1.71 bits per heavy atom. The van der Waals surface area contributed by atoms with Gasteiger partial charge >= 0.3 is 0 Å². The molecule has 88 valence electrons. The second kappa shape index (κ2) is 3.86. The van der Waals surface area contributed by atoms with Crippen molar-refractivity contribution in [2.24, 2.45) is 10.2 Å². The second-order valence-electron chi connectivity index (χ2n) is 3.47. The van der Waals surface area contributed by atoms with Crippen molar-refractivity contribution in [3.05, 3.63) is 35.5 Å². The van der Waals surface area contributed by atoms with Crippen LogP contribution in [0.5, 0.6) is 0 Å². The molecular formula is C10H8N2O4S. The van der Waals surface area contributed by atoms with Crippen LogP contribution in [0.15, 0.2) is 45.1 Å². The Hall–Kier alpha value is -1.86. The number of amides is 1. The van der Waals surface area contributed by atoms with Gasteiger partial charge in [0.25, 0.3) is 16.0 Å². The van der Waals surface area contributed by atoms with Gasteiger partial charge in [0, 0.05) is 0 Å². The van der Waals surface area contributed by atoms with E-state index >= 15 is 0 Å². The Morgan fingerprint density at radius 3 is 2.12 bits per heavy atom. The zero-order valence-corrected chi connectivity index (χ0v) is 9.60. The predicted octanol–water partition coefficient (Wildman–Crippen LogP) is 1.66. The predicted molar refractivity (Wildman–Crippen MR) is 58.7 cm³/mol. The molecular weight excluding hydrogens is 244 g/mol. The van der Waals surface area contributed by atoms with Crippen LogP contribution in [0.25, 0.3) is 5.57 Å². The van der Waals surface area contributed by atoms with Gasteiger partial charge in [-0.25, -0.2) is 0 Å². The van der Waals surface area contributed by atoms with E-state index in [1.165, 1.54) is 24.3 Å². The van der Waals surface area contributed by atoms with Crippen LogP contribution < -0.4 is 0 Å². The monoisotopic (exact) mass is 252 g/mol. The lowest BCUT2D eigenvalue weighted by atomic mass is 10.0. The molecule has 1 amide bonds. The third kappa shape index (κ3) is 2.15. The maximum Gasteiger partial charge on any atom is 0.297 e. The quantitative estimate of drug-likeness (QED) is 0.809. The van der Waals surface area contributed by atoms with Crippen LogP contribution in [0.2, 0.25) is 0 Å². The standard InChI is InChI=1S/C10H8N2O4S/c1-6-9(10(13)12-11-6)7-2-4-8(5-3-7)17(14,15)16/h2-5H,1H3,(H,14,15,16). The van der Waals surface area contributed by atoms with Crippen molar-refractivity contribution in [1.29, 1.82) is 0 Å². The van der Waals surface area contributed by atoms with Crippen LogP contribution in [-0.2, 0) is 14.9 Å². The molecule has 1 aliphatic rings. The van der Waals surface area contributed by atoms with E-state index in [9.17, 15) is 13.2 Å². The van der Waals surface area contributed by atoms with Crippen LogP contribution in [0.1, 0.15) is 12.5 Å². The molecule has 0 aromatic heterocycles. The van der Waals surface area contributed by atoms with Gasteiger partial charge in [-0.3, -0.25) is 9.35 Å². The highest BCUT2D eigenvalue weighted by Gasteiger charge is 2.20. The van der Waals surface area contributed by atoms with E-state index in [2.05, 4.69) is 10.2 Å². The summed E-state index contributed by atoms with van der Waals surface area (Å²) in [4.78, 5) is 11.2. The van der Waals surface area contributed by atoms with Gasteiger partial charge < -0.3 is 0 Å². The summed E-state index contributed by atoms with van der Waals surface area (Å²) in [6.07, 6.45) is 0. The van der Waals surface area contributed by atoms with E-state index in [1.807, 2.05) is 0 Å². The van der Waals surface area contributed by atoms with Crippen LogP contribution >= 0.6 is 0 Å². The fourth-order valence-corrected chi connectivity index (χ4v) is 1.98. The second-order valence-corrected chi connectivity index (χ2v) is 4.89. The van der Waals surface area contributed by atoms with E-state index in [0.717, 1.165) is 0 Å². The zero-order valence-electron chi connectivity index (χ0n) is 8.78. The molecule has 17 heavy (non-hydrogen) atoms. The van der Waals surface area contributed by atoms with Gasteiger partial charge in [0.05, 0.1) is 16.2 Å². The van der Waals surface area contributed by atoms with Gasteiger partial charge in [0.2, 0.25) is 0 Å². The lowest BCUT2D eigenvalue weighted by Crippen LogP contribution is -1.99. The van der Waals surface area contributed by atoms with E-state index in [-0.39, 0.29) is 4.90 Å². The zero-order chi connectivity index (χ0) is 12.6. The Morgan fingerprint density at radius 1 is 1.12 bits per heavy atom. The average molecular weight is 252 g/mol. The lowest BCUT2D eigenvalue weighted by molar-refractivity contribution is -0.112. The summed E-state index contributed by atoms with van der Waals surface area (Å²) in [5.74, 6) is -0.456. The minimum Gasteiger partial charge on any atom is -0.282 e. The molecule has 1 aliphatic heterocycles. The largest absolute Gasteiger partial charge is 0.297 e. The van der Waals surface area contributed by atoms with Crippen LogP contribution in [0, 0.1) is 0 Å². The first-order valence-corrected chi connectivity index (χ1v) is 6.08. The third-order valence-corrected chi connectivity index (χ3v) is 3.18. The number of rotatable bonds is 2. The minimum atomic E-state index is -4.22. The maximum atomic E-state index is 11.4. The average Bonchev–Trinajstić information content (AvgIpc) is 2.58. The fourth-order valence-electron chi connectivity index (χ4n) is 1.50. The summed E-state index contributed by atoms with van der Waals surface area (Å²) in [6, 6.07) is 5.29. The maximum absolute atomic E-state index is 11.4. The van der Waals surface area contributed by atoms with Crippen LogP contribution in [0.3, 0.4) is 0 Å². The smallest absolute Gasteiger partial charge is 0.282 e. The number of azo groups is 1. The van der Waals surface area contributed by atoms with Crippen molar-refractivity contribution < 1.29 is 17.8 Å². The molecule has 1 aromatic carbocycles. The number of hydrogen-bond acceptors (Lipinski definition) is 4. The van der Waals surface area contributed by atoms with Crippen LogP contribution in [0.4, 0.5) is 0 Å².